The number of aromatic amines is 1. The van der Waals surface area contributed by atoms with Gasteiger partial charge in [-0.25, -0.2) is 13.1 Å². The van der Waals surface area contributed by atoms with Crippen molar-refractivity contribution in [2.75, 3.05) is 19.6 Å². The number of sulfonamides is 1. The summed E-state index contributed by atoms with van der Waals surface area (Å²) in [6, 6.07) is 14.8. The van der Waals surface area contributed by atoms with Crippen molar-refractivity contribution in [3.8, 4) is 0 Å². The van der Waals surface area contributed by atoms with Crippen LogP contribution in [-0.2, 0) is 14.8 Å². The van der Waals surface area contributed by atoms with E-state index in [4.69, 9.17) is 0 Å². The number of hydrogen-bond acceptors (Lipinski definition) is 3. The lowest BCUT2D eigenvalue weighted by molar-refractivity contribution is -0.132. The van der Waals surface area contributed by atoms with E-state index in [2.05, 4.69) is 44.0 Å². The van der Waals surface area contributed by atoms with Gasteiger partial charge < -0.3 is 9.88 Å². The lowest BCUT2D eigenvalue weighted by Crippen LogP contribution is -2.39. The first-order chi connectivity index (χ1) is 14.4. The van der Waals surface area contributed by atoms with Gasteiger partial charge >= 0.3 is 0 Å². The number of likely N-dealkylation sites (tertiary alicyclic amines) is 1. The van der Waals surface area contributed by atoms with Crippen molar-refractivity contribution in [2.24, 2.45) is 0 Å². The fraction of sp³-hybridized carbons (Fsp3) is 0.318. The summed E-state index contributed by atoms with van der Waals surface area (Å²) in [6.07, 6.45) is 4.07. The third-order valence-electron chi connectivity index (χ3n) is 5.65. The normalized spacial score (nSPS) is 15.6. The molecule has 4 rings (SSSR count). The Morgan fingerprint density at radius 1 is 1.13 bits per heavy atom. The number of benzene rings is 2. The molecular formula is C22H24BrN3O3S. The number of amides is 1. The molecule has 0 spiro atoms. The number of hydrogen-bond donors (Lipinski definition) is 2. The smallest absolute Gasteiger partial charge is 0.240 e. The summed E-state index contributed by atoms with van der Waals surface area (Å²) in [5.41, 5.74) is 2.46. The van der Waals surface area contributed by atoms with Crippen molar-refractivity contribution in [1.82, 2.24) is 14.6 Å². The van der Waals surface area contributed by atoms with Crippen molar-refractivity contribution < 1.29 is 13.2 Å². The largest absolute Gasteiger partial charge is 0.361 e. The number of carbonyl (C=O) groups is 1. The van der Waals surface area contributed by atoms with Crippen LogP contribution in [0, 0.1) is 0 Å². The van der Waals surface area contributed by atoms with Crippen molar-refractivity contribution >= 4 is 42.8 Å². The summed E-state index contributed by atoms with van der Waals surface area (Å²) in [4.78, 5) is 17.9. The molecule has 2 N–H and O–H groups in total. The van der Waals surface area contributed by atoms with Crippen molar-refractivity contribution in [3.05, 3.63) is 64.8 Å². The number of fused-ring (bicyclic) bond motifs is 1. The molecule has 2 heterocycles. The van der Waals surface area contributed by atoms with Gasteiger partial charge in [-0.1, -0.05) is 40.2 Å². The van der Waals surface area contributed by atoms with Crippen LogP contribution in [0.25, 0.3) is 10.9 Å². The Bertz CT molecular complexity index is 1150. The molecule has 1 aromatic heterocycles. The maximum absolute atomic E-state index is 12.6. The fourth-order valence-corrected chi connectivity index (χ4v) is 5.67. The van der Waals surface area contributed by atoms with Gasteiger partial charge in [-0.2, -0.15) is 0 Å². The number of nitrogens with one attached hydrogen (secondary N) is 2. The Balaban J connectivity index is 1.28. The number of H-pyrrole nitrogens is 1. The van der Waals surface area contributed by atoms with Crippen LogP contribution in [0.15, 0.2) is 64.1 Å². The summed E-state index contributed by atoms with van der Waals surface area (Å²) < 4.78 is 27.9. The molecule has 1 aliphatic heterocycles. The number of carbonyl (C=O) groups excluding carboxylic acids is 1. The van der Waals surface area contributed by atoms with E-state index < -0.39 is 10.0 Å². The molecule has 158 valence electrons. The molecule has 30 heavy (non-hydrogen) atoms. The lowest BCUT2D eigenvalue weighted by atomic mass is 9.89. The zero-order valence-electron chi connectivity index (χ0n) is 16.5. The van der Waals surface area contributed by atoms with Gasteiger partial charge in [0.15, 0.2) is 0 Å². The van der Waals surface area contributed by atoms with E-state index in [9.17, 15) is 13.2 Å². The van der Waals surface area contributed by atoms with Crippen LogP contribution in [0.4, 0.5) is 0 Å². The molecule has 1 amide bonds. The van der Waals surface area contributed by atoms with E-state index in [1.54, 1.807) is 18.2 Å². The van der Waals surface area contributed by atoms with Crippen LogP contribution in [0.1, 0.15) is 30.7 Å². The molecule has 2 aromatic carbocycles. The minimum absolute atomic E-state index is 0.00989. The maximum Gasteiger partial charge on any atom is 0.240 e. The molecule has 3 aromatic rings. The second-order valence-corrected chi connectivity index (χ2v) is 10.2. The minimum atomic E-state index is -3.62. The van der Waals surface area contributed by atoms with Crippen LogP contribution in [0.3, 0.4) is 0 Å². The highest BCUT2D eigenvalue weighted by molar-refractivity contribution is 9.10. The highest BCUT2D eigenvalue weighted by Gasteiger charge is 2.25. The SMILES string of the molecule is O=C(CCNS(=O)(=O)c1cccc(Br)c1)N1CCC(c2c[nH]c3ccccc23)CC1. The second-order valence-electron chi connectivity index (χ2n) is 7.55. The molecule has 1 saturated heterocycles. The first-order valence-electron chi connectivity index (χ1n) is 10.0. The Morgan fingerprint density at radius 2 is 1.90 bits per heavy atom. The predicted molar refractivity (Wildman–Crippen MR) is 121 cm³/mol. The Hall–Kier alpha value is -2.16. The molecule has 1 aliphatic rings. The van der Waals surface area contributed by atoms with E-state index in [0.29, 0.717) is 23.5 Å². The van der Waals surface area contributed by atoms with Crippen LogP contribution in [0.5, 0.6) is 0 Å². The van der Waals surface area contributed by atoms with Gasteiger partial charge in [-0.3, -0.25) is 4.79 Å². The maximum atomic E-state index is 12.6. The topological polar surface area (TPSA) is 82.3 Å². The van der Waals surface area contributed by atoms with Crippen LogP contribution < -0.4 is 4.72 Å². The third-order valence-corrected chi connectivity index (χ3v) is 7.60. The zero-order valence-corrected chi connectivity index (χ0v) is 18.9. The van der Waals surface area contributed by atoms with Crippen LogP contribution in [0.2, 0.25) is 0 Å². The lowest BCUT2D eigenvalue weighted by Gasteiger charge is -2.32. The predicted octanol–water partition coefficient (Wildman–Crippen LogP) is 4.01. The molecule has 0 saturated carbocycles. The number of nitrogens with zero attached hydrogens (tertiary/aromatic N) is 1. The number of para-hydroxylation sites is 1. The standard InChI is InChI=1S/C22H24BrN3O3S/c23-17-4-3-5-18(14-17)30(28,29)25-11-8-22(27)26-12-9-16(10-13-26)20-15-24-21-7-2-1-6-19(20)21/h1-7,14-16,24-25H,8-13H2. The monoisotopic (exact) mass is 489 g/mol. The van der Waals surface area contributed by atoms with E-state index >= 15 is 0 Å². The van der Waals surface area contributed by atoms with Gasteiger partial charge in [-0.05, 0) is 48.6 Å². The van der Waals surface area contributed by atoms with Gasteiger partial charge in [0.1, 0.15) is 0 Å². The first kappa shape index (κ1) is 21.1. The van der Waals surface area contributed by atoms with Crippen LogP contribution in [-0.4, -0.2) is 43.8 Å². The molecule has 0 atom stereocenters. The van der Waals surface area contributed by atoms with Crippen LogP contribution >= 0.6 is 15.9 Å². The van der Waals surface area contributed by atoms with Crippen molar-refractivity contribution in [2.45, 2.75) is 30.1 Å². The Labute approximate surface area is 184 Å². The summed E-state index contributed by atoms with van der Waals surface area (Å²) in [6.45, 7) is 1.48. The molecule has 0 unspecified atom stereocenters. The van der Waals surface area contributed by atoms with Crippen molar-refractivity contribution in [3.63, 3.8) is 0 Å². The Morgan fingerprint density at radius 3 is 2.67 bits per heavy atom. The number of aromatic nitrogens is 1. The number of piperidine rings is 1. The second kappa shape index (κ2) is 8.91. The average Bonchev–Trinajstić information content (AvgIpc) is 3.18. The average molecular weight is 490 g/mol. The van der Waals surface area contributed by atoms with E-state index in [-0.39, 0.29) is 23.8 Å². The van der Waals surface area contributed by atoms with E-state index in [1.807, 2.05) is 17.0 Å². The quantitative estimate of drug-likeness (QED) is 0.548. The molecule has 0 radical (unpaired) electrons. The highest BCUT2D eigenvalue weighted by atomic mass is 79.9. The fourth-order valence-electron chi connectivity index (χ4n) is 4.04. The number of rotatable bonds is 6. The molecule has 8 heteroatoms. The van der Waals surface area contributed by atoms with Gasteiger partial charge in [0.05, 0.1) is 4.90 Å². The number of halogens is 1. The summed E-state index contributed by atoms with van der Waals surface area (Å²) in [7, 11) is -3.62. The molecule has 0 aliphatic carbocycles. The summed E-state index contributed by atoms with van der Waals surface area (Å²) in [5.74, 6) is 0.421. The first-order valence-corrected chi connectivity index (χ1v) is 12.3. The third kappa shape index (κ3) is 4.61. The van der Waals surface area contributed by atoms with E-state index in [1.165, 1.54) is 17.0 Å². The molecular weight excluding hydrogens is 466 g/mol. The molecule has 6 nitrogen and oxygen atoms in total. The van der Waals surface area contributed by atoms with Crippen molar-refractivity contribution in [1.29, 1.82) is 0 Å². The Kier molecular flexibility index (Phi) is 6.26. The summed E-state index contributed by atoms with van der Waals surface area (Å²) in [5, 5.41) is 1.25. The highest BCUT2D eigenvalue weighted by Crippen LogP contribution is 2.33. The van der Waals surface area contributed by atoms with Gasteiger partial charge in [0, 0.05) is 47.6 Å². The zero-order chi connectivity index (χ0) is 21.1. The molecule has 0 bridgehead atoms. The minimum Gasteiger partial charge on any atom is -0.361 e. The molecule has 1 fully saturated rings. The van der Waals surface area contributed by atoms with Gasteiger partial charge in [0.25, 0.3) is 0 Å². The van der Waals surface area contributed by atoms with Gasteiger partial charge in [-0.15, -0.1) is 0 Å². The summed E-state index contributed by atoms with van der Waals surface area (Å²) >= 11 is 3.28. The van der Waals surface area contributed by atoms with Gasteiger partial charge in [0.2, 0.25) is 15.9 Å². The van der Waals surface area contributed by atoms with E-state index in [0.717, 1.165) is 18.4 Å².